The van der Waals surface area contributed by atoms with E-state index in [0.717, 1.165) is 5.56 Å². The van der Waals surface area contributed by atoms with Gasteiger partial charge < -0.3 is 5.32 Å². The van der Waals surface area contributed by atoms with E-state index in [1.807, 2.05) is 0 Å². The summed E-state index contributed by atoms with van der Waals surface area (Å²) in [5.74, 6) is -0.612. The van der Waals surface area contributed by atoms with Gasteiger partial charge in [0.25, 0.3) is 5.91 Å². The van der Waals surface area contributed by atoms with Crippen LogP contribution in [-0.2, 0) is 16.4 Å². The van der Waals surface area contributed by atoms with Gasteiger partial charge in [-0.1, -0.05) is 24.3 Å². The maximum Gasteiger partial charge on any atom is 0.446 e. The molecule has 0 aliphatic rings. The number of sulfonamides is 1. The number of benzene rings is 2. The lowest BCUT2D eigenvalue weighted by molar-refractivity contribution is -0.0328. The summed E-state index contributed by atoms with van der Waals surface area (Å²) in [6.45, 7) is 0.179. The lowest BCUT2D eigenvalue weighted by atomic mass is 10.1. The lowest BCUT2D eigenvalue weighted by Gasteiger charge is -2.11. The summed E-state index contributed by atoms with van der Waals surface area (Å²) in [4.78, 5) is 11.9. The smallest absolute Gasteiger partial charge is 0.352 e. The molecule has 0 fully saturated rings. The predicted octanol–water partition coefficient (Wildman–Crippen LogP) is 2.92. The average Bonchev–Trinajstić information content (AvgIpc) is 2.53. The van der Waals surface area contributed by atoms with Gasteiger partial charge >= 0.3 is 5.51 Å². The molecule has 140 valence electrons. The zero-order chi connectivity index (χ0) is 19.4. The zero-order valence-electron chi connectivity index (χ0n) is 13.3. The molecule has 0 bridgehead atoms. The number of carbonyl (C=O) groups is 1. The SMILES string of the molecule is NS(=O)(=O)c1ccc(CCNC(=O)c2ccccc2SC(F)(F)F)cc1. The second-order valence-corrected chi connectivity index (χ2v) is 7.91. The van der Waals surface area contributed by atoms with E-state index in [-0.39, 0.29) is 33.7 Å². The summed E-state index contributed by atoms with van der Waals surface area (Å²) >= 11 is -0.340. The van der Waals surface area contributed by atoms with Crippen LogP contribution in [0.25, 0.3) is 0 Å². The van der Waals surface area contributed by atoms with Crippen LogP contribution in [0.3, 0.4) is 0 Å². The Morgan fingerprint density at radius 2 is 1.69 bits per heavy atom. The minimum Gasteiger partial charge on any atom is -0.352 e. The second kappa shape index (κ2) is 8.11. The van der Waals surface area contributed by atoms with Crippen molar-refractivity contribution in [2.75, 3.05) is 6.54 Å². The Hall–Kier alpha value is -2.04. The Labute approximate surface area is 152 Å². The number of hydrogen-bond donors (Lipinski definition) is 2. The summed E-state index contributed by atoms with van der Waals surface area (Å²) in [5.41, 5.74) is -3.79. The Balaban J connectivity index is 1.97. The fraction of sp³-hybridized carbons (Fsp3) is 0.188. The molecule has 5 nitrogen and oxygen atoms in total. The van der Waals surface area contributed by atoms with Gasteiger partial charge in [-0.25, -0.2) is 13.6 Å². The van der Waals surface area contributed by atoms with E-state index in [4.69, 9.17) is 5.14 Å². The number of hydrogen-bond acceptors (Lipinski definition) is 4. The standard InChI is InChI=1S/C16H15F3N2O3S2/c17-16(18,19)25-14-4-2-1-3-13(14)15(22)21-10-9-11-5-7-12(8-6-11)26(20,23)24/h1-8H,9-10H2,(H,21,22)(H2,20,23,24). The van der Waals surface area contributed by atoms with Crippen LogP contribution in [-0.4, -0.2) is 26.4 Å². The Bertz CT molecular complexity index is 882. The number of thioether (sulfide) groups is 1. The van der Waals surface area contributed by atoms with Crippen LogP contribution >= 0.6 is 11.8 Å². The largest absolute Gasteiger partial charge is 0.446 e. The van der Waals surface area contributed by atoms with Crippen molar-refractivity contribution in [2.24, 2.45) is 5.14 Å². The van der Waals surface area contributed by atoms with Crippen molar-refractivity contribution < 1.29 is 26.4 Å². The number of nitrogens with one attached hydrogen (secondary N) is 1. The summed E-state index contributed by atoms with van der Waals surface area (Å²) in [5, 5.41) is 7.56. The summed E-state index contributed by atoms with van der Waals surface area (Å²) in [6.07, 6.45) is 0.380. The van der Waals surface area contributed by atoms with Crippen molar-refractivity contribution in [3.8, 4) is 0 Å². The normalized spacial score (nSPS) is 12.0. The van der Waals surface area contributed by atoms with Gasteiger partial charge in [-0.05, 0) is 48.0 Å². The van der Waals surface area contributed by atoms with Gasteiger partial charge in [0.1, 0.15) is 0 Å². The molecule has 0 aliphatic heterocycles. The number of alkyl halides is 3. The van der Waals surface area contributed by atoms with Crippen LogP contribution in [0.5, 0.6) is 0 Å². The first-order chi connectivity index (χ1) is 12.1. The number of rotatable bonds is 6. The van der Waals surface area contributed by atoms with Crippen molar-refractivity contribution in [1.82, 2.24) is 5.32 Å². The van der Waals surface area contributed by atoms with Gasteiger partial charge in [-0.2, -0.15) is 13.2 Å². The highest BCUT2D eigenvalue weighted by atomic mass is 32.2. The minimum atomic E-state index is -4.48. The van der Waals surface area contributed by atoms with Gasteiger partial charge in [-0.15, -0.1) is 0 Å². The van der Waals surface area contributed by atoms with Crippen molar-refractivity contribution in [3.05, 3.63) is 59.7 Å². The molecule has 26 heavy (non-hydrogen) atoms. The van der Waals surface area contributed by atoms with Crippen molar-refractivity contribution in [2.45, 2.75) is 21.7 Å². The maximum absolute atomic E-state index is 12.6. The second-order valence-electron chi connectivity index (χ2n) is 5.24. The summed E-state index contributed by atoms with van der Waals surface area (Å²) in [6, 6.07) is 11.3. The first-order valence-electron chi connectivity index (χ1n) is 7.31. The maximum atomic E-state index is 12.6. The van der Waals surface area contributed by atoms with Crippen LogP contribution in [0.4, 0.5) is 13.2 Å². The monoisotopic (exact) mass is 404 g/mol. The fourth-order valence-electron chi connectivity index (χ4n) is 2.13. The van der Waals surface area contributed by atoms with Crippen LogP contribution in [0.2, 0.25) is 0 Å². The van der Waals surface area contributed by atoms with E-state index in [1.54, 1.807) is 12.1 Å². The topological polar surface area (TPSA) is 89.3 Å². The van der Waals surface area contributed by atoms with E-state index in [0.29, 0.717) is 6.42 Å². The molecule has 2 aromatic rings. The molecule has 0 saturated heterocycles. The molecule has 10 heteroatoms. The van der Waals surface area contributed by atoms with E-state index >= 15 is 0 Å². The molecule has 0 radical (unpaired) electrons. The Kier molecular flexibility index (Phi) is 6.32. The molecular weight excluding hydrogens is 389 g/mol. The molecule has 1 amide bonds. The third-order valence-electron chi connectivity index (χ3n) is 3.31. The Morgan fingerprint density at radius 1 is 1.08 bits per heavy atom. The van der Waals surface area contributed by atoms with Gasteiger partial charge in [0, 0.05) is 11.4 Å². The third kappa shape index (κ3) is 6.04. The molecule has 0 atom stereocenters. The zero-order valence-corrected chi connectivity index (χ0v) is 14.9. The highest BCUT2D eigenvalue weighted by Crippen LogP contribution is 2.38. The number of carbonyl (C=O) groups excluding carboxylic acids is 1. The Morgan fingerprint density at radius 3 is 2.27 bits per heavy atom. The van der Waals surface area contributed by atoms with Crippen molar-refractivity contribution in [3.63, 3.8) is 0 Å². The third-order valence-corrected chi connectivity index (χ3v) is 5.05. The number of primary sulfonamides is 1. The molecule has 0 aliphatic carbocycles. The summed E-state index contributed by atoms with van der Waals surface area (Å²) in [7, 11) is -3.77. The molecule has 0 heterocycles. The van der Waals surface area contributed by atoms with Crippen LogP contribution in [0.15, 0.2) is 58.3 Å². The van der Waals surface area contributed by atoms with Crippen molar-refractivity contribution in [1.29, 1.82) is 0 Å². The van der Waals surface area contributed by atoms with E-state index < -0.39 is 21.4 Å². The van der Waals surface area contributed by atoms with Crippen molar-refractivity contribution >= 4 is 27.7 Å². The highest BCUT2D eigenvalue weighted by molar-refractivity contribution is 8.00. The first-order valence-corrected chi connectivity index (χ1v) is 9.67. The van der Waals surface area contributed by atoms with E-state index in [2.05, 4.69) is 5.32 Å². The predicted molar refractivity (Wildman–Crippen MR) is 92.2 cm³/mol. The molecule has 0 spiro atoms. The molecular formula is C16H15F3N2O3S2. The fourth-order valence-corrected chi connectivity index (χ4v) is 3.31. The van der Waals surface area contributed by atoms with Gasteiger partial charge in [0.15, 0.2) is 0 Å². The van der Waals surface area contributed by atoms with Gasteiger partial charge in [0.05, 0.1) is 10.5 Å². The van der Waals surface area contributed by atoms with Gasteiger partial charge in [0.2, 0.25) is 10.0 Å². The molecule has 3 N–H and O–H groups in total. The number of halogens is 3. The molecule has 0 saturated carbocycles. The number of nitrogens with two attached hydrogens (primary N) is 1. The summed E-state index contributed by atoms with van der Waals surface area (Å²) < 4.78 is 60.0. The lowest BCUT2D eigenvalue weighted by Crippen LogP contribution is -2.26. The quantitative estimate of drug-likeness (QED) is 0.725. The van der Waals surface area contributed by atoms with Crippen LogP contribution in [0.1, 0.15) is 15.9 Å². The minimum absolute atomic E-state index is 0.0246. The first kappa shape index (κ1) is 20.3. The molecule has 0 aromatic heterocycles. The van der Waals surface area contributed by atoms with Gasteiger partial charge in [-0.3, -0.25) is 4.79 Å². The molecule has 0 unspecified atom stereocenters. The molecule has 2 rings (SSSR count). The van der Waals surface area contributed by atoms with Crippen LogP contribution < -0.4 is 10.5 Å². The van der Waals surface area contributed by atoms with E-state index in [1.165, 1.54) is 36.4 Å². The number of amides is 1. The van der Waals surface area contributed by atoms with Crippen LogP contribution in [0, 0.1) is 0 Å². The highest BCUT2D eigenvalue weighted by Gasteiger charge is 2.31. The van der Waals surface area contributed by atoms with E-state index in [9.17, 15) is 26.4 Å². The average molecular weight is 404 g/mol. The molecule has 2 aromatic carbocycles.